The van der Waals surface area contributed by atoms with E-state index in [1.54, 1.807) is 4.90 Å². The summed E-state index contributed by atoms with van der Waals surface area (Å²) in [5, 5.41) is 12.2. The van der Waals surface area contributed by atoms with Gasteiger partial charge in [-0.05, 0) is 12.8 Å². The molecule has 0 aromatic rings. The molecule has 9 heteroatoms. The van der Waals surface area contributed by atoms with E-state index < -0.39 is 30.8 Å². The summed E-state index contributed by atoms with van der Waals surface area (Å²) >= 11 is 0. The normalized spacial score (nSPS) is 32.7. The molecule has 0 spiro atoms. The van der Waals surface area contributed by atoms with Crippen molar-refractivity contribution in [3.05, 3.63) is 0 Å². The monoisotopic (exact) mass is 321 g/mol. The van der Waals surface area contributed by atoms with Gasteiger partial charge in [-0.25, -0.2) is 4.79 Å². The number of hydrogen-bond donors (Lipinski definition) is 2. The Labute approximate surface area is 125 Å². The van der Waals surface area contributed by atoms with Gasteiger partial charge in [0.15, 0.2) is 5.60 Å². The Morgan fingerprint density at radius 3 is 2.59 bits per heavy atom. The van der Waals surface area contributed by atoms with E-state index in [9.17, 15) is 27.9 Å². The van der Waals surface area contributed by atoms with Crippen molar-refractivity contribution in [1.82, 2.24) is 15.1 Å². The number of hydrogen-bond acceptors (Lipinski definition) is 3. The lowest BCUT2D eigenvalue weighted by Gasteiger charge is -2.26. The van der Waals surface area contributed by atoms with Gasteiger partial charge in [0.25, 0.3) is 0 Å². The summed E-state index contributed by atoms with van der Waals surface area (Å²) in [6.45, 7) is -0.517. The molecule has 3 aliphatic rings. The number of aliphatic hydroxyl groups is 1. The van der Waals surface area contributed by atoms with Crippen LogP contribution in [0.15, 0.2) is 0 Å². The number of carbonyl (C=O) groups is 2. The van der Waals surface area contributed by atoms with Crippen LogP contribution in [0.4, 0.5) is 18.0 Å². The molecule has 1 aliphatic carbocycles. The highest BCUT2D eigenvalue weighted by Crippen LogP contribution is 2.37. The molecule has 22 heavy (non-hydrogen) atoms. The number of carbonyl (C=O) groups excluding carboxylic acids is 2. The van der Waals surface area contributed by atoms with E-state index in [0.717, 1.165) is 17.7 Å². The average Bonchev–Trinajstić information content (AvgIpc) is 3.06. The Morgan fingerprint density at radius 1 is 1.36 bits per heavy atom. The van der Waals surface area contributed by atoms with Gasteiger partial charge in [-0.3, -0.25) is 4.79 Å². The number of β-amino-alcohol motifs (C(OH)–C–C–N with tert-alkyl or cyclic N) is 1. The van der Waals surface area contributed by atoms with Crippen LogP contribution in [0.3, 0.4) is 0 Å². The molecule has 2 aliphatic heterocycles. The van der Waals surface area contributed by atoms with Crippen LogP contribution in [0, 0.1) is 0 Å². The number of amides is 3. The van der Waals surface area contributed by atoms with Crippen molar-refractivity contribution >= 4 is 11.9 Å². The molecule has 2 heterocycles. The van der Waals surface area contributed by atoms with Crippen LogP contribution in [0.25, 0.3) is 0 Å². The molecule has 6 nitrogen and oxygen atoms in total. The molecule has 2 atom stereocenters. The fourth-order valence-corrected chi connectivity index (χ4v) is 3.03. The maximum absolute atomic E-state index is 12.7. The third-order valence-electron chi connectivity index (χ3n) is 4.54. The number of halogens is 3. The number of likely N-dealkylation sites (tertiary alicyclic amines) is 2. The third kappa shape index (κ3) is 2.73. The van der Waals surface area contributed by atoms with Gasteiger partial charge >= 0.3 is 12.2 Å². The van der Waals surface area contributed by atoms with Crippen LogP contribution >= 0.6 is 0 Å². The van der Waals surface area contributed by atoms with E-state index in [2.05, 4.69) is 5.32 Å². The summed E-state index contributed by atoms with van der Waals surface area (Å²) in [7, 11) is 0. The van der Waals surface area contributed by atoms with Crippen LogP contribution in [-0.4, -0.2) is 70.3 Å². The highest BCUT2D eigenvalue weighted by atomic mass is 19.4. The Bertz CT molecular complexity index is 495. The van der Waals surface area contributed by atoms with Crippen molar-refractivity contribution in [2.45, 2.75) is 49.5 Å². The van der Waals surface area contributed by atoms with Gasteiger partial charge in [0.2, 0.25) is 5.91 Å². The molecule has 1 saturated carbocycles. The molecule has 0 aromatic heterocycles. The highest BCUT2D eigenvalue weighted by Gasteiger charge is 2.58. The molecule has 0 radical (unpaired) electrons. The predicted molar refractivity (Wildman–Crippen MR) is 68.9 cm³/mol. The fraction of sp³-hybridized carbons (Fsp3) is 0.846. The van der Waals surface area contributed by atoms with Crippen molar-refractivity contribution in [1.29, 1.82) is 0 Å². The summed E-state index contributed by atoms with van der Waals surface area (Å²) in [6.07, 6.45) is -3.16. The summed E-state index contributed by atoms with van der Waals surface area (Å²) in [5.41, 5.74) is -2.84. The molecule has 2 unspecified atom stereocenters. The largest absolute Gasteiger partial charge is 0.419 e. The van der Waals surface area contributed by atoms with Gasteiger partial charge in [0.05, 0.1) is 12.6 Å². The Balaban J connectivity index is 1.54. The molecule has 3 amide bonds. The number of alkyl halides is 3. The van der Waals surface area contributed by atoms with Crippen molar-refractivity contribution in [3.63, 3.8) is 0 Å². The standard InChI is InChI=1S/C13H18F3N3O3/c14-13(15,16)12(22)3-4-18(7-12)11(21)17-8-5-10(20)19(6-8)9-1-2-9/h8-9,22H,1-7H2,(H,17,21). The Hall–Kier alpha value is -1.51. The molecule has 3 rings (SSSR count). The summed E-state index contributed by atoms with van der Waals surface area (Å²) in [5.74, 6) is -0.0268. The van der Waals surface area contributed by atoms with E-state index in [-0.39, 0.29) is 31.0 Å². The van der Waals surface area contributed by atoms with Crippen LogP contribution in [0.5, 0.6) is 0 Å². The number of nitrogens with zero attached hydrogens (tertiary/aromatic N) is 2. The lowest BCUT2D eigenvalue weighted by molar-refractivity contribution is -0.253. The van der Waals surface area contributed by atoms with Crippen molar-refractivity contribution in [2.24, 2.45) is 0 Å². The minimum atomic E-state index is -4.76. The topological polar surface area (TPSA) is 72.9 Å². The minimum Gasteiger partial charge on any atom is -0.379 e. The van der Waals surface area contributed by atoms with E-state index in [1.165, 1.54) is 0 Å². The summed E-state index contributed by atoms with van der Waals surface area (Å²) in [6, 6.07) is -0.771. The van der Waals surface area contributed by atoms with E-state index >= 15 is 0 Å². The second-order valence-electron chi connectivity index (χ2n) is 6.33. The highest BCUT2D eigenvalue weighted by molar-refractivity contribution is 5.82. The third-order valence-corrected chi connectivity index (χ3v) is 4.54. The zero-order valence-electron chi connectivity index (χ0n) is 11.9. The molecular formula is C13H18F3N3O3. The molecule has 2 N–H and O–H groups in total. The second kappa shape index (κ2) is 5.00. The molecule has 0 bridgehead atoms. The van der Waals surface area contributed by atoms with Crippen molar-refractivity contribution < 1.29 is 27.9 Å². The van der Waals surface area contributed by atoms with Crippen LogP contribution in [-0.2, 0) is 4.79 Å². The molecule has 124 valence electrons. The zero-order valence-corrected chi connectivity index (χ0v) is 11.9. The van der Waals surface area contributed by atoms with Gasteiger partial charge in [-0.1, -0.05) is 0 Å². The Morgan fingerprint density at radius 2 is 2.05 bits per heavy atom. The van der Waals surface area contributed by atoms with Crippen LogP contribution < -0.4 is 5.32 Å². The smallest absolute Gasteiger partial charge is 0.379 e. The SMILES string of the molecule is O=C(NC1CC(=O)N(C2CC2)C1)N1CCC(O)(C(F)(F)F)C1. The summed E-state index contributed by atoms with van der Waals surface area (Å²) < 4.78 is 38.2. The van der Waals surface area contributed by atoms with Crippen molar-refractivity contribution in [2.75, 3.05) is 19.6 Å². The first-order chi connectivity index (χ1) is 10.2. The fourth-order valence-electron chi connectivity index (χ4n) is 3.03. The first-order valence-electron chi connectivity index (χ1n) is 7.34. The van der Waals surface area contributed by atoms with E-state index in [0.29, 0.717) is 6.54 Å². The minimum absolute atomic E-state index is 0.0268. The molecule has 0 aromatic carbocycles. The Kier molecular flexibility index (Phi) is 3.50. The van der Waals surface area contributed by atoms with Gasteiger partial charge in [0, 0.05) is 32.0 Å². The maximum Gasteiger partial charge on any atom is 0.419 e. The zero-order chi connectivity index (χ0) is 16.1. The number of rotatable bonds is 2. The first kappa shape index (κ1) is 15.4. The van der Waals surface area contributed by atoms with E-state index in [4.69, 9.17) is 0 Å². The first-order valence-corrected chi connectivity index (χ1v) is 7.34. The van der Waals surface area contributed by atoms with Gasteiger partial charge in [0.1, 0.15) is 0 Å². The maximum atomic E-state index is 12.7. The lowest BCUT2D eigenvalue weighted by atomic mass is 10.0. The second-order valence-corrected chi connectivity index (χ2v) is 6.33. The van der Waals surface area contributed by atoms with Crippen LogP contribution in [0.1, 0.15) is 25.7 Å². The molecule has 2 saturated heterocycles. The summed E-state index contributed by atoms with van der Waals surface area (Å²) in [4.78, 5) is 26.5. The number of nitrogens with one attached hydrogen (secondary N) is 1. The van der Waals surface area contributed by atoms with Crippen LogP contribution in [0.2, 0.25) is 0 Å². The predicted octanol–water partition coefficient (Wildman–Crippen LogP) is 0.458. The number of urea groups is 1. The van der Waals surface area contributed by atoms with Gasteiger partial charge in [-0.15, -0.1) is 0 Å². The van der Waals surface area contributed by atoms with E-state index in [1.807, 2.05) is 0 Å². The quantitative estimate of drug-likeness (QED) is 0.776. The van der Waals surface area contributed by atoms with Gasteiger partial charge < -0.3 is 20.2 Å². The lowest BCUT2D eigenvalue weighted by Crippen LogP contribution is -2.50. The molecule has 3 fully saturated rings. The molecular weight excluding hydrogens is 303 g/mol. The average molecular weight is 321 g/mol. The van der Waals surface area contributed by atoms with Gasteiger partial charge in [-0.2, -0.15) is 13.2 Å². The van der Waals surface area contributed by atoms with Crippen molar-refractivity contribution in [3.8, 4) is 0 Å².